The Morgan fingerprint density at radius 1 is 1.03 bits per heavy atom. The fraction of sp³-hybridized carbons (Fsp3) is 0.158. The van der Waals surface area contributed by atoms with Gasteiger partial charge in [-0.15, -0.1) is 0 Å². The van der Waals surface area contributed by atoms with Gasteiger partial charge in [0.25, 0.3) is 17.7 Å². The summed E-state index contributed by atoms with van der Waals surface area (Å²) >= 11 is 6.06. The summed E-state index contributed by atoms with van der Waals surface area (Å²) < 4.78 is 40.8. The molecule has 3 rings (SSSR count). The number of halogens is 4. The third-order valence-corrected chi connectivity index (χ3v) is 4.36. The molecule has 1 aliphatic rings. The summed E-state index contributed by atoms with van der Waals surface area (Å²) in [5.74, 6) is -3.52. The average molecular weight is 441 g/mol. The molecule has 3 amide bonds. The number of hydrogen-bond acceptors (Lipinski definition) is 5. The van der Waals surface area contributed by atoms with Crippen LogP contribution in [0.4, 0.5) is 18.9 Å². The number of alkyl halides is 3. The number of hydrogen-bond donors (Lipinski definition) is 1. The number of esters is 1. The normalized spacial score (nSPS) is 13.3. The van der Waals surface area contributed by atoms with E-state index in [2.05, 4.69) is 4.74 Å². The van der Waals surface area contributed by atoms with Crippen molar-refractivity contribution in [2.75, 3.05) is 18.1 Å². The molecule has 0 saturated carbocycles. The van der Waals surface area contributed by atoms with E-state index >= 15 is 0 Å². The van der Waals surface area contributed by atoms with Crippen molar-refractivity contribution >= 4 is 41.0 Å². The molecular formula is C19H12ClF3N2O5. The third-order valence-electron chi connectivity index (χ3n) is 4.04. The lowest BCUT2D eigenvalue weighted by Gasteiger charge is -2.15. The van der Waals surface area contributed by atoms with Gasteiger partial charge in [0.1, 0.15) is 6.54 Å². The van der Waals surface area contributed by atoms with Crippen molar-refractivity contribution in [2.24, 2.45) is 0 Å². The number of para-hydroxylation sites is 1. The largest absolute Gasteiger partial charge is 0.452 e. The van der Waals surface area contributed by atoms with Gasteiger partial charge in [-0.25, -0.2) is 9.69 Å². The highest BCUT2D eigenvalue weighted by atomic mass is 35.5. The van der Waals surface area contributed by atoms with Crippen LogP contribution in [0.15, 0.2) is 42.5 Å². The molecule has 30 heavy (non-hydrogen) atoms. The maximum Gasteiger partial charge on any atom is 0.405 e. The Kier molecular flexibility index (Phi) is 5.79. The van der Waals surface area contributed by atoms with E-state index in [0.29, 0.717) is 0 Å². The Morgan fingerprint density at radius 3 is 2.37 bits per heavy atom. The molecule has 1 heterocycles. The second-order valence-electron chi connectivity index (χ2n) is 6.13. The van der Waals surface area contributed by atoms with E-state index in [9.17, 15) is 32.3 Å². The molecule has 1 N–H and O–H groups in total. The van der Waals surface area contributed by atoms with Crippen molar-refractivity contribution in [3.8, 4) is 0 Å². The molecule has 0 spiro atoms. The zero-order chi connectivity index (χ0) is 22.1. The Hall–Kier alpha value is -3.40. The van der Waals surface area contributed by atoms with Gasteiger partial charge in [0.05, 0.1) is 27.4 Å². The molecule has 0 aliphatic carbocycles. The molecule has 11 heteroatoms. The van der Waals surface area contributed by atoms with Gasteiger partial charge in [-0.3, -0.25) is 14.4 Å². The number of nitrogens with one attached hydrogen (secondary N) is 1. The number of benzene rings is 2. The number of imide groups is 1. The molecule has 0 bridgehead atoms. The molecule has 2 aromatic rings. The van der Waals surface area contributed by atoms with Crippen LogP contribution in [0.5, 0.6) is 0 Å². The summed E-state index contributed by atoms with van der Waals surface area (Å²) in [6.45, 7) is -2.50. The summed E-state index contributed by atoms with van der Waals surface area (Å²) in [6.07, 6.45) is -4.60. The lowest BCUT2D eigenvalue weighted by molar-refractivity contribution is -0.140. The van der Waals surface area contributed by atoms with E-state index < -0.39 is 43.0 Å². The minimum Gasteiger partial charge on any atom is -0.452 e. The zero-order valence-electron chi connectivity index (χ0n) is 15.0. The first kappa shape index (κ1) is 21.3. The average Bonchev–Trinajstić information content (AvgIpc) is 2.94. The first-order chi connectivity index (χ1) is 14.1. The highest BCUT2D eigenvalue weighted by Gasteiger charge is 2.38. The molecule has 0 atom stereocenters. The minimum atomic E-state index is -4.60. The molecule has 0 aromatic heterocycles. The first-order valence-electron chi connectivity index (χ1n) is 8.36. The van der Waals surface area contributed by atoms with Crippen LogP contribution in [0.1, 0.15) is 31.1 Å². The molecule has 156 valence electrons. The highest BCUT2D eigenvalue weighted by Crippen LogP contribution is 2.33. The number of nitrogens with zero attached hydrogens (tertiary/aromatic N) is 1. The Balaban J connectivity index is 1.73. The second kappa shape index (κ2) is 8.15. The molecule has 0 saturated heterocycles. The summed E-state index contributed by atoms with van der Waals surface area (Å²) in [5.41, 5.74) is -0.00867. The number of carbonyl (C=O) groups is 4. The van der Waals surface area contributed by atoms with Gasteiger partial charge in [-0.05, 0) is 30.3 Å². The van der Waals surface area contributed by atoms with Gasteiger partial charge in [-0.1, -0.05) is 23.7 Å². The van der Waals surface area contributed by atoms with E-state index in [0.717, 1.165) is 11.0 Å². The fourth-order valence-corrected chi connectivity index (χ4v) is 2.90. The zero-order valence-corrected chi connectivity index (χ0v) is 15.7. The topological polar surface area (TPSA) is 92.8 Å². The lowest BCUT2D eigenvalue weighted by atomic mass is 10.1. The molecule has 2 aromatic carbocycles. The Morgan fingerprint density at radius 2 is 1.70 bits per heavy atom. The van der Waals surface area contributed by atoms with Gasteiger partial charge in [0, 0.05) is 0 Å². The first-order valence-corrected chi connectivity index (χ1v) is 8.74. The van der Waals surface area contributed by atoms with E-state index in [1.807, 2.05) is 0 Å². The molecular weight excluding hydrogens is 429 g/mol. The van der Waals surface area contributed by atoms with Crippen LogP contribution in [0.2, 0.25) is 5.02 Å². The lowest BCUT2D eigenvalue weighted by Crippen LogP contribution is -2.36. The van der Waals surface area contributed by atoms with Crippen molar-refractivity contribution < 1.29 is 37.1 Å². The summed E-state index contributed by atoms with van der Waals surface area (Å²) in [5, 5.41) is 1.73. The minimum absolute atomic E-state index is 0.0411. The van der Waals surface area contributed by atoms with Gasteiger partial charge < -0.3 is 10.1 Å². The van der Waals surface area contributed by atoms with Crippen molar-refractivity contribution in [1.82, 2.24) is 5.32 Å². The predicted octanol–water partition coefficient (Wildman–Crippen LogP) is 2.98. The number of fused-ring (bicyclic) bond motifs is 1. The van der Waals surface area contributed by atoms with Gasteiger partial charge >= 0.3 is 12.1 Å². The van der Waals surface area contributed by atoms with E-state index in [1.165, 1.54) is 24.3 Å². The fourth-order valence-electron chi connectivity index (χ4n) is 2.68. The number of carbonyl (C=O) groups excluding carboxylic acids is 4. The van der Waals surface area contributed by atoms with Crippen molar-refractivity contribution in [2.45, 2.75) is 6.18 Å². The van der Waals surface area contributed by atoms with Gasteiger partial charge in [0.2, 0.25) is 0 Å². The van der Waals surface area contributed by atoms with Crippen LogP contribution in [-0.4, -0.2) is 43.0 Å². The number of rotatable bonds is 5. The Bertz CT molecular complexity index is 1050. The third kappa shape index (κ3) is 4.43. The van der Waals surface area contributed by atoms with Crippen LogP contribution in [0, 0.1) is 0 Å². The van der Waals surface area contributed by atoms with Crippen LogP contribution < -0.4 is 10.2 Å². The summed E-state index contributed by atoms with van der Waals surface area (Å²) in [7, 11) is 0. The SMILES string of the molecule is O=C(COC(=O)c1ccc2c(c1)C(=O)N(c1ccccc1Cl)C2=O)NCC(F)(F)F. The Labute approximate surface area is 172 Å². The molecule has 1 aliphatic heterocycles. The predicted molar refractivity (Wildman–Crippen MR) is 98.4 cm³/mol. The van der Waals surface area contributed by atoms with E-state index in [-0.39, 0.29) is 27.4 Å². The smallest absolute Gasteiger partial charge is 0.405 e. The molecule has 0 unspecified atom stereocenters. The summed E-state index contributed by atoms with van der Waals surface area (Å²) in [4.78, 5) is 49.6. The number of amides is 3. The van der Waals surface area contributed by atoms with Crippen molar-refractivity contribution in [3.05, 3.63) is 64.2 Å². The molecule has 0 radical (unpaired) electrons. The van der Waals surface area contributed by atoms with Crippen LogP contribution in [0.3, 0.4) is 0 Å². The molecule has 0 fully saturated rings. The van der Waals surface area contributed by atoms with Crippen molar-refractivity contribution in [3.63, 3.8) is 0 Å². The van der Waals surface area contributed by atoms with Crippen molar-refractivity contribution in [1.29, 1.82) is 0 Å². The molecule has 7 nitrogen and oxygen atoms in total. The van der Waals surface area contributed by atoms with Crippen LogP contribution >= 0.6 is 11.6 Å². The monoisotopic (exact) mass is 440 g/mol. The van der Waals surface area contributed by atoms with Crippen LogP contribution in [-0.2, 0) is 9.53 Å². The summed E-state index contributed by atoms with van der Waals surface area (Å²) in [6, 6.07) is 9.78. The van der Waals surface area contributed by atoms with Gasteiger partial charge in [-0.2, -0.15) is 13.2 Å². The quantitative estimate of drug-likeness (QED) is 0.570. The van der Waals surface area contributed by atoms with E-state index in [1.54, 1.807) is 17.4 Å². The van der Waals surface area contributed by atoms with E-state index in [4.69, 9.17) is 11.6 Å². The van der Waals surface area contributed by atoms with Crippen LogP contribution in [0.25, 0.3) is 0 Å². The maximum absolute atomic E-state index is 12.7. The second-order valence-corrected chi connectivity index (χ2v) is 6.53. The van der Waals surface area contributed by atoms with Gasteiger partial charge in [0.15, 0.2) is 6.61 Å². The number of ether oxygens (including phenoxy) is 1. The highest BCUT2D eigenvalue weighted by molar-refractivity contribution is 6.39. The maximum atomic E-state index is 12.7. The number of anilines is 1. The standard InChI is InChI=1S/C19H12ClF3N2O5/c20-13-3-1-2-4-14(13)25-16(27)11-6-5-10(7-12(11)17(25)28)18(29)30-8-15(26)24-9-19(21,22)23/h1-7H,8-9H2,(H,24,26).